The van der Waals surface area contributed by atoms with Gasteiger partial charge in [0.05, 0.1) is 6.04 Å². The number of piperidine rings is 1. The van der Waals surface area contributed by atoms with Crippen LogP contribution in [0.4, 0.5) is 0 Å². The Morgan fingerprint density at radius 2 is 2.22 bits per heavy atom. The van der Waals surface area contributed by atoms with Crippen LogP contribution in [-0.2, 0) is 17.9 Å². The van der Waals surface area contributed by atoms with E-state index in [4.69, 9.17) is 0 Å². The first-order chi connectivity index (χ1) is 11.2. The smallest absolute Gasteiger partial charge is 0.238 e. The summed E-state index contributed by atoms with van der Waals surface area (Å²) in [6, 6.07) is 8.47. The Morgan fingerprint density at radius 1 is 1.39 bits per heavy atom. The van der Waals surface area contributed by atoms with Crippen molar-refractivity contribution in [2.75, 3.05) is 24.7 Å². The Labute approximate surface area is 143 Å². The van der Waals surface area contributed by atoms with E-state index < -0.39 is 0 Å². The molecule has 4 nitrogen and oxygen atoms in total. The number of nitrogens with one attached hydrogen (secondary N) is 2. The SMILES string of the molecule is C[C@H]1CCCN(Cc2ccccc2CNC(=O)[C@@H]2CSCN2)C1. The van der Waals surface area contributed by atoms with Crippen molar-refractivity contribution in [1.29, 1.82) is 0 Å². The number of amides is 1. The summed E-state index contributed by atoms with van der Waals surface area (Å²) >= 11 is 1.78. The standard InChI is InChI=1S/C18H27N3OS/c1-14-5-4-8-21(10-14)11-16-7-3-2-6-15(16)9-19-18(22)17-12-23-13-20-17/h2-3,6-7,14,17,20H,4-5,8-13H2,1H3,(H,19,22)/t14-,17-/m0/s1. The van der Waals surface area contributed by atoms with Gasteiger partial charge in [-0.05, 0) is 36.4 Å². The third-order valence-corrected chi connectivity index (χ3v) is 5.68. The van der Waals surface area contributed by atoms with E-state index in [0.29, 0.717) is 6.54 Å². The molecule has 2 fully saturated rings. The van der Waals surface area contributed by atoms with E-state index in [2.05, 4.69) is 46.7 Å². The molecule has 1 aromatic carbocycles. The number of nitrogens with zero attached hydrogens (tertiary/aromatic N) is 1. The largest absolute Gasteiger partial charge is 0.351 e. The molecule has 0 bridgehead atoms. The maximum Gasteiger partial charge on any atom is 0.238 e. The lowest BCUT2D eigenvalue weighted by atomic mass is 9.99. The molecule has 5 heteroatoms. The zero-order chi connectivity index (χ0) is 16.1. The minimum absolute atomic E-state index is 0.0323. The van der Waals surface area contributed by atoms with Gasteiger partial charge in [-0.1, -0.05) is 31.2 Å². The number of benzene rings is 1. The van der Waals surface area contributed by atoms with E-state index in [1.807, 2.05) is 0 Å². The molecule has 0 saturated carbocycles. The molecule has 0 radical (unpaired) electrons. The number of rotatable bonds is 5. The summed E-state index contributed by atoms with van der Waals surface area (Å²) < 4.78 is 0. The molecular weight excluding hydrogens is 306 g/mol. The molecule has 3 rings (SSSR count). The van der Waals surface area contributed by atoms with Crippen molar-refractivity contribution in [2.45, 2.75) is 38.9 Å². The zero-order valence-electron chi connectivity index (χ0n) is 13.9. The average Bonchev–Trinajstić information content (AvgIpc) is 3.08. The van der Waals surface area contributed by atoms with Gasteiger partial charge in [0.25, 0.3) is 0 Å². The Hall–Kier alpha value is -1.04. The first-order valence-corrected chi connectivity index (χ1v) is 9.76. The van der Waals surface area contributed by atoms with E-state index in [1.165, 1.54) is 37.1 Å². The first-order valence-electron chi connectivity index (χ1n) is 8.60. The molecular formula is C18H27N3OS. The lowest BCUT2D eigenvalue weighted by molar-refractivity contribution is -0.122. The van der Waals surface area contributed by atoms with Gasteiger partial charge in [0.1, 0.15) is 0 Å². The van der Waals surface area contributed by atoms with Crippen LogP contribution in [0.5, 0.6) is 0 Å². The third-order valence-electron chi connectivity index (χ3n) is 4.74. The lowest BCUT2D eigenvalue weighted by Gasteiger charge is -2.31. The molecule has 0 unspecified atom stereocenters. The molecule has 1 amide bonds. The number of carbonyl (C=O) groups is 1. The zero-order valence-corrected chi connectivity index (χ0v) is 14.7. The highest BCUT2D eigenvalue weighted by Gasteiger charge is 2.22. The number of hydrogen-bond donors (Lipinski definition) is 2. The van der Waals surface area contributed by atoms with Gasteiger partial charge in [0, 0.05) is 31.3 Å². The summed E-state index contributed by atoms with van der Waals surface area (Å²) in [5.41, 5.74) is 2.58. The number of carbonyl (C=O) groups excluding carboxylic acids is 1. The monoisotopic (exact) mass is 333 g/mol. The van der Waals surface area contributed by atoms with Gasteiger partial charge in [-0.25, -0.2) is 0 Å². The van der Waals surface area contributed by atoms with E-state index in [9.17, 15) is 4.79 Å². The quantitative estimate of drug-likeness (QED) is 0.867. The van der Waals surface area contributed by atoms with E-state index in [1.54, 1.807) is 11.8 Å². The number of thioether (sulfide) groups is 1. The van der Waals surface area contributed by atoms with E-state index in [0.717, 1.165) is 24.1 Å². The second kappa shape index (κ2) is 8.18. The molecule has 126 valence electrons. The lowest BCUT2D eigenvalue weighted by Crippen LogP contribution is -2.41. The maximum absolute atomic E-state index is 12.2. The molecule has 0 aliphatic carbocycles. The Balaban J connectivity index is 1.57. The van der Waals surface area contributed by atoms with Crippen molar-refractivity contribution in [3.63, 3.8) is 0 Å². The average molecular weight is 334 g/mol. The van der Waals surface area contributed by atoms with Gasteiger partial charge < -0.3 is 5.32 Å². The van der Waals surface area contributed by atoms with Gasteiger partial charge in [-0.15, -0.1) is 11.8 Å². The van der Waals surface area contributed by atoms with Gasteiger partial charge in [-0.3, -0.25) is 15.0 Å². The minimum Gasteiger partial charge on any atom is -0.351 e. The fourth-order valence-electron chi connectivity index (χ4n) is 3.42. The molecule has 2 aliphatic rings. The topological polar surface area (TPSA) is 44.4 Å². The van der Waals surface area contributed by atoms with Crippen molar-refractivity contribution >= 4 is 17.7 Å². The van der Waals surface area contributed by atoms with Gasteiger partial charge in [-0.2, -0.15) is 0 Å². The molecule has 2 saturated heterocycles. The second-order valence-electron chi connectivity index (χ2n) is 6.74. The highest BCUT2D eigenvalue weighted by molar-refractivity contribution is 7.99. The summed E-state index contributed by atoms with van der Waals surface area (Å²) in [7, 11) is 0. The minimum atomic E-state index is -0.0323. The molecule has 0 spiro atoms. The molecule has 23 heavy (non-hydrogen) atoms. The fraction of sp³-hybridized carbons (Fsp3) is 0.611. The van der Waals surface area contributed by atoms with Crippen LogP contribution in [0.2, 0.25) is 0 Å². The molecule has 2 N–H and O–H groups in total. The van der Waals surface area contributed by atoms with Crippen LogP contribution in [0.1, 0.15) is 30.9 Å². The van der Waals surface area contributed by atoms with Crippen LogP contribution in [-0.4, -0.2) is 41.6 Å². The van der Waals surface area contributed by atoms with Crippen molar-refractivity contribution in [3.05, 3.63) is 35.4 Å². The molecule has 0 aromatic heterocycles. The predicted octanol–water partition coefficient (Wildman–Crippen LogP) is 2.20. The third kappa shape index (κ3) is 4.72. The number of hydrogen-bond acceptors (Lipinski definition) is 4. The van der Waals surface area contributed by atoms with Crippen LogP contribution in [0.25, 0.3) is 0 Å². The van der Waals surface area contributed by atoms with Crippen molar-refractivity contribution in [3.8, 4) is 0 Å². The van der Waals surface area contributed by atoms with Gasteiger partial charge >= 0.3 is 0 Å². The Bertz CT molecular complexity index is 531. The van der Waals surface area contributed by atoms with Crippen LogP contribution in [0.3, 0.4) is 0 Å². The Kier molecular flexibility index (Phi) is 5.97. The summed E-state index contributed by atoms with van der Waals surface area (Å²) in [5.74, 6) is 2.67. The van der Waals surface area contributed by atoms with Crippen molar-refractivity contribution in [2.24, 2.45) is 5.92 Å². The van der Waals surface area contributed by atoms with E-state index >= 15 is 0 Å². The van der Waals surface area contributed by atoms with Gasteiger partial charge in [0.15, 0.2) is 0 Å². The van der Waals surface area contributed by atoms with Crippen LogP contribution < -0.4 is 10.6 Å². The van der Waals surface area contributed by atoms with Crippen molar-refractivity contribution in [1.82, 2.24) is 15.5 Å². The molecule has 1 aromatic rings. The van der Waals surface area contributed by atoms with Gasteiger partial charge in [0.2, 0.25) is 5.91 Å². The summed E-state index contributed by atoms with van der Waals surface area (Å²) in [4.78, 5) is 14.7. The molecule has 2 heterocycles. The molecule has 2 aliphatic heterocycles. The fourth-order valence-corrected chi connectivity index (χ4v) is 4.37. The highest BCUT2D eigenvalue weighted by Crippen LogP contribution is 2.19. The summed E-state index contributed by atoms with van der Waals surface area (Å²) in [6.07, 6.45) is 2.64. The highest BCUT2D eigenvalue weighted by atomic mass is 32.2. The van der Waals surface area contributed by atoms with Crippen LogP contribution in [0.15, 0.2) is 24.3 Å². The Morgan fingerprint density at radius 3 is 2.96 bits per heavy atom. The first kappa shape index (κ1) is 16.8. The van der Waals surface area contributed by atoms with Crippen molar-refractivity contribution < 1.29 is 4.79 Å². The maximum atomic E-state index is 12.2. The van der Waals surface area contributed by atoms with Crippen LogP contribution >= 0.6 is 11.8 Å². The van der Waals surface area contributed by atoms with Crippen LogP contribution in [0, 0.1) is 5.92 Å². The summed E-state index contributed by atoms with van der Waals surface area (Å²) in [5, 5.41) is 6.31. The second-order valence-corrected chi connectivity index (χ2v) is 7.77. The molecule has 2 atom stereocenters. The van der Waals surface area contributed by atoms with E-state index in [-0.39, 0.29) is 11.9 Å². The summed E-state index contributed by atoms with van der Waals surface area (Å²) in [6.45, 7) is 6.33. The number of likely N-dealkylation sites (tertiary alicyclic amines) is 1. The normalized spacial score (nSPS) is 25.4. The predicted molar refractivity (Wildman–Crippen MR) is 96.2 cm³/mol.